The maximum absolute atomic E-state index is 13.4. The molecule has 0 aliphatic carbocycles. The Bertz CT molecular complexity index is 872. The van der Waals surface area contributed by atoms with E-state index in [0.29, 0.717) is 11.6 Å². The highest BCUT2D eigenvalue weighted by molar-refractivity contribution is 7.89. The molecule has 2 aromatic rings. The van der Waals surface area contributed by atoms with Crippen LogP contribution >= 0.6 is 0 Å². The number of nitrogens with zero attached hydrogens (tertiary/aromatic N) is 1. The van der Waals surface area contributed by atoms with Crippen LogP contribution in [0.2, 0.25) is 0 Å². The largest absolute Gasteiger partial charge is 0.353 e. The highest BCUT2D eigenvalue weighted by Crippen LogP contribution is 2.30. The number of benzene rings is 2. The van der Waals surface area contributed by atoms with Crippen molar-refractivity contribution in [2.75, 3.05) is 13.1 Å². The van der Waals surface area contributed by atoms with Crippen molar-refractivity contribution in [2.24, 2.45) is 0 Å². The maximum Gasteiger partial charge on any atom is 0.244 e. The second-order valence-electron chi connectivity index (χ2n) is 5.30. The highest BCUT2D eigenvalue weighted by atomic mass is 32.2. The molecule has 1 amide bonds. The molecule has 1 N–H and O–H groups in total. The molecule has 24 heavy (non-hydrogen) atoms. The summed E-state index contributed by atoms with van der Waals surface area (Å²) >= 11 is 0. The van der Waals surface area contributed by atoms with E-state index in [0.717, 1.165) is 16.4 Å². The minimum Gasteiger partial charge on any atom is -0.353 e. The predicted octanol–water partition coefficient (Wildman–Crippen LogP) is 1.83. The van der Waals surface area contributed by atoms with Crippen LogP contribution in [-0.4, -0.2) is 31.7 Å². The van der Waals surface area contributed by atoms with Crippen molar-refractivity contribution >= 4 is 15.9 Å². The number of halogens is 2. The van der Waals surface area contributed by atoms with Gasteiger partial charge < -0.3 is 5.32 Å². The normalized spacial score (nSPS) is 19.1. The monoisotopic (exact) mass is 352 g/mol. The van der Waals surface area contributed by atoms with Crippen LogP contribution in [0, 0.1) is 11.6 Å². The molecule has 0 aromatic heterocycles. The van der Waals surface area contributed by atoms with Gasteiger partial charge in [0.1, 0.15) is 6.04 Å². The highest BCUT2D eigenvalue weighted by Gasteiger charge is 2.39. The van der Waals surface area contributed by atoms with Crippen LogP contribution in [0.5, 0.6) is 0 Å². The number of carbonyl (C=O) groups is 1. The summed E-state index contributed by atoms with van der Waals surface area (Å²) in [7, 11) is -4.17. The van der Waals surface area contributed by atoms with Gasteiger partial charge in [0.15, 0.2) is 11.6 Å². The Morgan fingerprint density at radius 2 is 1.75 bits per heavy atom. The SMILES string of the molecule is O=C1NCCN(S(=O)(=O)c2ccc(F)c(F)c2)[C@@H]1c1ccccc1. The van der Waals surface area contributed by atoms with Crippen molar-refractivity contribution in [3.63, 3.8) is 0 Å². The van der Waals surface area contributed by atoms with E-state index < -0.39 is 38.5 Å². The summed E-state index contributed by atoms with van der Waals surface area (Å²) in [4.78, 5) is 11.9. The average Bonchev–Trinajstić information content (AvgIpc) is 2.57. The van der Waals surface area contributed by atoms with E-state index in [1.165, 1.54) is 0 Å². The fourth-order valence-electron chi connectivity index (χ4n) is 2.63. The Labute approximate surface area is 138 Å². The maximum atomic E-state index is 13.4. The number of nitrogens with one attached hydrogen (secondary N) is 1. The van der Waals surface area contributed by atoms with E-state index >= 15 is 0 Å². The van der Waals surface area contributed by atoms with E-state index in [2.05, 4.69) is 5.32 Å². The summed E-state index contributed by atoms with van der Waals surface area (Å²) in [6, 6.07) is 9.73. The summed E-state index contributed by atoms with van der Waals surface area (Å²) in [6.07, 6.45) is 0. The lowest BCUT2D eigenvalue weighted by molar-refractivity contribution is -0.126. The molecule has 3 rings (SSSR count). The lowest BCUT2D eigenvalue weighted by Gasteiger charge is -2.34. The van der Waals surface area contributed by atoms with Gasteiger partial charge in [0, 0.05) is 13.1 Å². The number of hydrogen-bond donors (Lipinski definition) is 1. The summed E-state index contributed by atoms with van der Waals surface area (Å²) in [5.74, 6) is -2.85. The van der Waals surface area contributed by atoms with Crippen LogP contribution in [0.15, 0.2) is 53.4 Å². The number of carbonyl (C=O) groups excluding carboxylic acids is 1. The molecular formula is C16H14F2N2O3S. The molecule has 0 saturated carbocycles. The van der Waals surface area contributed by atoms with E-state index in [-0.39, 0.29) is 13.1 Å². The van der Waals surface area contributed by atoms with Gasteiger partial charge >= 0.3 is 0 Å². The first-order valence-electron chi connectivity index (χ1n) is 7.21. The molecule has 0 spiro atoms. The summed E-state index contributed by atoms with van der Waals surface area (Å²) in [5, 5.41) is 2.63. The fraction of sp³-hybridized carbons (Fsp3) is 0.188. The molecule has 5 nitrogen and oxygen atoms in total. The van der Waals surface area contributed by atoms with E-state index in [4.69, 9.17) is 0 Å². The number of hydrogen-bond acceptors (Lipinski definition) is 3. The Morgan fingerprint density at radius 1 is 1.04 bits per heavy atom. The lowest BCUT2D eigenvalue weighted by Crippen LogP contribution is -2.52. The van der Waals surface area contributed by atoms with Crippen molar-refractivity contribution in [3.05, 3.63) is 65.7 Å². The second kappa shape index (κ2) is 6.29. The first-order chi connectivity index (χ1) is 11.4. The molecule has 0 bridgehead atoms. The second-order valence-corrected chi connectivity index (χ2v) is 7.19. The van der Waals surface area contributed by atoms with Crippen LogP contribution in [-0.2, 0) is 14.8 Å². The van der Waals surface area contributed by atoms with Crippen LogP contribution in [0.25, 0.3) is 0 Å². The first kappa shape index (κ1) is 16.5. The minimum absolute atomic E-state index is 0.0344. The number of sulfonamides is 1. The Balaban J connectivity index is 2.06. The fourth-order valence-corrected chi connectivity index (χ4v) is 4.22. The number of rotatable bonds is 3. The summed E-state index contributed by atoms with van der Waals surface area (Å²) < 4.78 is 53.2. The molecule has 0 radical (unpaired) electrons. The summed E-state index contributed by atoms with van der Waals surface area (Å²) in [6.45, 7) is 0.178. The Hall–Kier alpha value is -2.32. The van der Waals surface area contributed by atoms with Crippen molar-refractivity contribution in [1.29, 1.82) is 0 Å². The molecule has 1 heterocycles. The van der Waals surface area contributed by atoms with Crippen LogP contribution < -0.4 is 5.32 Å². The minimum atomic E-state index is -4.17. The van der Waals surface area contributed by atoms with Gasteiger partial charge in [-0.15, -0.1) is 0 Å². The number of piperazine rings is 1. The molecule has 2 aromatic carbocycles. The lowest BCUT2D eigenvalue weighted by atomic mass is 10.1. The molecule has 1 aliphatic rings. The summed E-state index contributed by atoms with van der Waals surface area (Å²) in [5.41, 5.74) is 0.501. The molecule has 126 valence electrons. The molecule has 1 fully saturated rings. The third-order valence-electron chi connectivity index (χ3n) is 3.78. The third kappa shape index (κ3) is 2.90. The van der Waals surface area contributed by atoms with Crippen LogP contribution in [0.3, 0.4) is 0 Å². The zero-order valence-corrected chi connectivity index (χ0v) is 13.3. The van der Waals surface area contributed by atoms with Gasteiger partial charge in [0.2, 0.25) is 15.9 Å². The van der Waals surface area contributed by atoms with Gasteiger partial charge in [-0.2, -0.15) is 4.31 Å². The first-order valence-corrected chi connectivity index (χ1v) is 8.65. The Morgan fingerprint density at radius 3 is 2.42 bits per heavy atom. The zero-order chi connectivity index (χ0) is 17.3. The quantitative estimate of drug-likeness (QED) is 0.916. The van der Waals surface area contributed by atoms with Crippen molar-refractivity contribution in [1.82, 2.24) is 9.62 Å². The van der Waals surface area contributed by atoms with Crippen LogP contribution in [0.1, 0.15) is 11.6 Å². The Kier molecular flexibility index (Phi) is 4.33. The van der Waals surface area contributed by atoms with Gasteiger partial charge in [-0.25, -0.2) is 17.2 Å². The number of amides is 1. The average molecular weight is 352 g/mol. The topological polar surface area (TPSA) is 66.5 Å². The van der Waals surface area contributed by atoms with Crippen LogP contribution in [0.4, 0.5) is 8.78 Å². The van der Waals surface area contributed by atoms with Gasteiger partial charge in [-0.3, -0.25) is 4.79 Å². The van der Waals surface area contributed by atoms with E-state index in [9.17, 15) is 22.0 Å². The van der Waals surface area contributed by atoms with Crippen molar-refractivity contribution in [3.8, 4) is 0 Å². The molecule has 1 saturated heterocycles. The van der Waals surface area contributed by atoms with Gasteiger partial charge in [0.25, 0.3) is 0 Å². The third-order valence-corrected chi connectivity index (χ3v) is 5.64. The van der Waals surface area contributed by atoms with Gasteiger partial charge in [0.05, 0.1) is 4.90 Å². The molecule has 1 aliphatic heterocycles. The smallest absolute Gasteiger partial charge is 0.244 e. The zero-order valence-electron chi connectivity index (χ0n) is 12.4. The van der Waals surface area contributed by atoms with Crippen molar-refractivity contribution < 1.29 is 22.0 Å². The van der Waals surface area contributed by atoms with Gasteiger partial charge in [-0.05, 0) is 23.8 Å². The van der Waals surface area contributed by atoms with E-state index in [1.54, 1.807) is 30.3 Å². The molecule has 1 atom stereocenters. The predicted molar refractivity (Wildman–Crippen MR) is 82.4 cm³/mol. The standard InChI is InChI=1S/C16H14F2N2O3S/c17-13-7-6-12(10-14(13)18)24(22,23)20-9-8-19-16(21)15(20)11-4-2-1-3-5-11/h1-7,10,15H,8-9H2,(H,19,21)/t15-/m1/s1. The van der Waals surface area contributed by atoms with Crippen molar-refractivity contribution in [2.45, 2.75) is 10.9 Å². The molecular weight excluding hydrogens is 338 g/mol. The molecule has 0 unspecified atom stereocenters. The molecule has 8 heteroatoms. The van der Waals surface area contributed by atoms with E-state index in [1.807, 2.05) is 0 Å². The van der Waals surface area contributed by atoms with Gasteiger partial charge in [-0.1, -0.05) is 30.3 Å².